The van der Waals surface area contributed by atoms with Gasteiger partial charge in [-0.05, 0) is 44.8 Å². The van der Waals surface area contributed by atoms with E-state index in [9.17, 15) is 0 Å². The van der Waals surface area contributed by atoms with Crippen LogP contribution in [0, 0.1) is 0 Å². The molecule has 0 saturated carbocycles. The van der Waals surface area contributed by atoms with Crippen LogP contribution in [0.4, 0.5) is 0 Å². The van der Waals surface area contributed by atoms with Crippen LogP contribution in [-0.2, 0) is 0 Å². The Morgan fingerprint density at radius 1 is 1.09 bits per heavy atom. The summed E-state index contributed by atoms with van der Waals surface area (Å²) in [5.74, 6) is 0. The maximum Gasteiger partial charge on any atom is -0.0305 e. The maximum absolute atomic E-state index is 2.23. The van der Waals surface area contributed by atoms with Gasteiger partial charge in [0.2, 0.25) is 0 Å². The lowest BCUT2D eigenvalue weighted by Gasteiger charge is -2.09. The van der Waals surface area contributed by atoms with Crippen molar-refractivity contribution in [1.82, 2.24) is 0 Å². The van der Waals surface area contributed by atoms with E-state index < -0.39 is 0 Å². The van der Waals surface area contributed by atoms with Crippen LogP contribution in [-0.4, -0.2) is 0 Å². The Hall–Kier alpha value is -0.520. The molecule has 0 spiro atoms. The summed E-state index contributed by atoms with van der Waals surface area (Å²) in [6.07, 6.45) is 4.55. The van der Waals surface area contributed by atoms with Gasteiger partial charge in [-0.15, -0.1) is 0 Å². The standard InChI is InChI=1S/C11H20/c1-6-10(7-2)11(8-3)9(4)5/h6H,7-8H2,1-5H3/b10-6-. The zero-order valence-corrected chi connectivity index (χ0v) is 8.49. The predicted octanol–water partition coefficient (Wildman–Crippen LogP) is 4.09. The molecule has 11 heavy (non-hydrogen) atoms. The van der Waals surface area contributed by atoms with Crippen molar-refractivity contribution in [3.63, 3.8) is 0 Å². The minimum atomic E-state index is 1.16. The summed E-state index contributed by atoms with van der Waals surface area (Å²) in [5.41, 5.74) is 4.50. The normalized spacial score (nSPS) is 11.5. The number of hydrogen-bond acceptors (Lipinski definition) is 0. The summed E-state index contributed by atoms with van der Waals surface area (Å²) in [7, 11) is 0. The molecule has 0 aromatic heterocycles. The first-order valence-corrected chi connectivity index (χ1v) is 4.49. The Bertz CT molecular complexity index is 166. The van der Waals surface area contributed by atoms with Gasteiger partial charge in [-0.3, -0.25) is 0 Å². The second-order valence-corrected chi connectivity index (χ2v) is 3.00. The second-order valence-electron chi connectivity index (χ2n) is 3.00. The van der Waals surface area contributed by atoms with Gasteiger partial charge in [0.05, 0.1) is 0 Å². The van der Waals surface area contributed by atoms with Gasteiger partial charge in [0, 0.05) is 0 Å². The number of rotatable bonds is 3. The molecule has 0 heteroatoms. The monoisotopic (exact) mass is 152 g/mol. The molecule has 0 aliphatic carbocycles. The molecule has 0 fully saturated rings. The van der Waals surface area contributed by atoms with Gasteiger partial charge < -0.3 is 0 Å². The van der Waals surface area contributed by atoms with Crippen molar-refractivity contribution in [3.8, 4) is 0 Å². The van der Waals surface area contributed by atoms with Crippen LogP contribution in [0.2, 0.25) is 0 Å². The minimum Gasteiger partial charge on any atom is -0.0842 e. The van der Waals surface area contributed by atoms with Crippen LogP contribution < -0.4 is 0 Å². The van der Waals surface area contributed by atoms with Crippen molar-refractivity contribution < 1.29 is 0 Å². The third-order valence-electron chi connectivity index (χ3n) is 2.07. The van der Waals surface area contributed by atoms with E-state index >= 15 is 0 Å². The van der Waals surface area contributed by atoms with E-state index in [0.717, 1.165) is 12.8 Å². The molecule has 0 aliphatic heterocycles. The van der Waals surface area contributed by atoms with Gasteiger partial charge >= 0.3 is 0 Å². The highest BCUT2D eigenvalue weighted by molar-refractivity contribution is 5.32. The van der Waals surface area contributed by atoms with E-state index in [-0.39, 0.29) is 0 Å². The quantitative estimate of drug-likeness (QED) is 0.534. The summed E-state index contributed by atoms with van der Waals surface area (Å²) in [4.78, 5) is 0. The predicted molar refractivity (Wildman–Crippen MR) is 52.7 cm³/mol. The van der Waals surface area contributed by atoms with Gasteiger partial charge in [-0.25, -0.2) is 0 Å². The summed E-state index contributed by atoms with van der Waals surface area (Å²) in [5, 5.41) is 0. The lowest BCUT2D eigenvalue weighted by molar-refractivity contribution is 0.992. The second kappa shape index (κ2) is 5.17. The van der Waals surface area contributed by atoms with Crippen LogP contribution >= 0.6 is 0 Å². The Morgan fingerprint density at radius 3 is 1.73 bits per heavy atom. The molecule has 0 nitrogen and oxygen atoms in total. The molecule has 0 atom stereocenters. The van der Waals surface area contributed by atoms with Crippen LogP contribution in [0.1, 0.15) is 47.5 Å². The molecular formula is C11H20. The van der Waals surface area contributed by atoms with Gasteiger partial charge in [0.15, 0.2) is 0 Å². The molecule has 0 aromatic rings. The molecule has 0 amide bonds. The van der Waals surface area contributed by atoms with Crippen molar-refractivity contribution in [3.05, 3.63) is 22.8 Å². The molecule has 0 aliphatic rings. The van der Waals surface area contributed by atoms with E-state index in [0.29, 0.717) is 0 Å². The third-order valence-corrected chi connectivity index (χ3v) is 2.07. The van der Waals surface area contributed by atoms with Crippen molar-refractivity contribution in [2.24, 2.45) is 0 Å². The van der Waals surface area contributed by atoms with Crippen molar-refractivity contribution in [2.45, 2.75) is 47.5 Å². The van der Waals surface area contributed by atoms with Gasteiger partial charge in [0.25, 0.3) is 0 Å². The first-order valence-electron chi connectivity index (χ1n) is 4.49. The van der Waals surface area contributed by atoms with E-state index in [2.05, 4.69) is 40.7 Å². The fourth-order valence-electron chi connectivity index (χ4n) is 1.49. The summed E-state index contributed by atoms with van der Waals surface area (Å²) in [6.45, 7) is 10.9. The molecular weight excluding hydrogens is 132 g/mol. The highest BCUT2D eigenvalue weighted by Crippen LogP contribution is 2.20. The summed E-state index contributed by atoms with van der Waals surface area (Å²) in [6, 6.07) is 0. The first-order chi connectivity index (χ1) is 5.17. The summed E-state index contributed by atoms with van der Waals surface area (Å²) < 4.78 is 0. The Morgan fingerprint density at radius 2 is 1.64 bits per heavy atom. The topological polar surface area (TPSA) is 0 Å². The van der Waals surface area contributed by atoms with Crippen molar-refractivity contribution >= 4 is 0 Å². The molecule has 0 saturated heterocycles. The molecule has 0 heterocycles. The average molecular weight is 152 g/mol. The lowest BCUT2D eigenvalue weighted by atomic mass is 9.97. The van der Waals surface area contributed by atoms with Crippen LogP contribution in [0.5, 0.6) is 0 Å². The zero-order chi connectivity index (χ0) is 8.85. The molecule has 0 rings (SSSR count). The first kappa shape index (κ1) is 10.5. The SMILES string of the molecule is C/C=C(/CC)C(CC)=C(C)C. The summed E-state index contributed by atoms with van der Waals surface area (Å²) >= 11 is 0. The molecule has 0 aromatic carbocycles. The largest absolute Gasteiger partial charge is 0.0842 e. The molecule has 0 unspecified atom stereocenters. The van der Waals surface area contributed by atoms with E-state index in [1.54, 1.807) is 0 Å². The smallest absolute Gasteiger partial charge is 0.0305 e. The average Bonchev–Trinajstić information content (AvgIpc) is 1.99. The van der Waals surface area contributed by atoms with E-state index in [4.69, 9.17) is 0 Å². The molecule has 0 bridgehead atoms. The fraction of sp³-hybridized carbons (Fsp3) is 0.636. The number of hydrogen-bond donors (Lipinski definition) is 0. The molecule has 0 radical (unpaired) electrons. The third kappa shape index (κ3) is 2.92. The Labute approximate surface area is 71.0 Å². The maximum atomic E-state index is 2.23. The van der Waals surface area contributed by atoms with E-state index in [1.165, 1.54) is 16.7 Å². The molecule has 0 N–H and O–H groups in total. The Balaban J connectivity index is 4.64. The minimum absolute atomic E-state index is 1.16. The van der Waals surface area contributed by atoms with Gasteiger partial charge in [0.1, 0.15) is 0 Å². The van der Waals surface area contributed by atoms with Crippen LogP contribution in [0.15, 0.2) is 22.8 Å². The fourth-order valence-corrected chi connectivity index (χ4v) is 1.49. The van der Waals surface area contributed by atoms with Gasteiger partial charge in [-0.1, -0.05) is 25.5 Å². The Kier molecular flexibility index (Phi) is 4.93. The highest BCUT2D eigenvalue weighted by atomic mass is 14.1. The van der Waals surface area contributed by atoms with Crippen LogP contribution in [0.3, 0.4) is 0 Å². The van der Waals surface area contributed by atoms with Gasteiger partial charge in [-0.2, -0.15) is 0 Å². The lowest BCUT2D eigenvalue weighted by Crippen LogP contribution is -1.89. The number of allylic oxidation sites excluding steroid dienone is 4. The van der Waals surface area contributed by atoms with E-state index in [1.807, 2.05) is 0 Å². The molecule has 64 valence electrons. The van der Waals surface area contributed by atoms with Crippen LogP contribution in [0.25, 0.3) is 0 Å². The van der Waals surface area contributed by atoms with Crippen molar-refractivity contribution in [2.75, 3.05) is 0 Å². The highest BCUT2D eigenvalue weighted by Gasteiger charge is 2.00. The van der Waals surface area contributed by atoms with Crippen molar-refractivity contribution in [1.29, 1.82) is 0 Å². The zero-order valence-electron chi connectivity index (χ0n) is 8.49.